The van der Waals surface area contributed by atoms with E-state index in [2.05, 4.69) is 22.3 Å². The Hall–Kier alpha value is -1.97. The van der Waals surface area contributed by atoms with Crippen LogP contribution >= 0.6 is 0 Å². The molecule has 18 heavy (non-hydrogen) atoms. The molecule has 0 spiro atoms. The highest BCUT2D eigenvalue weighted by atomic mass is 16.4. The quantitative estimate of drug-likeness (QED) is 0.783. The predicted molar refractivity (Wildman–Crippen MR) is 73.2 cm³/mol. The molecular weight excluding hydrogens is 228 g/mol. The first-order valence-electron chi connectivity index (χ1n) is 6.24. The molecule has 0 atom stereocenters. The van der Waals surface area contributed by atoms with Crippen LogP contribution in [-0.4, -0.2) is 30.7 Å². The number of hydrogen-bond donors (Lipinski definition) is 2. The van der Waals surface area contributed by atoms with Gasteiger partial charge < -0.3 is 15.3 Å². The Morgan fingerprint density at radius 3 is 2.56 bits per heavy atom. The lowest BCUT2D eigenvalue weighted by Gasteiger charge is -2.17. The fourth-order valence-corrected chi connectivity index (χ4v) is 2.10. The van der Waals surface area contributed by atoms with Crippen molar-refractivity contribution < 1.29 is 9.90 Å². The Morgan fingerprint density at radius 1 is 1.28 bits per heavy atom. The third-order valence-corrected chi connectivity index (χ3v) is 3.02. The van der Waals surface area contributed by atoms with E-state index in [0.717, 1.165) is 24.9 Å². The van der Waals surface area contributed by atoms with Crippen LogP contribution in [0.4, 0.5) is 11.4 Å². The summed E-state index contributed by atoms with van der Waals surface area (Å²) in [6.45, 7) is 2.82. The van der Waals surface area contributed by atoms with Crippen molar-refractivity contribution in [2.24, 2.45) is 0 Å². The summed E-state index contributed by atoms with van der Waals surface area (Å²) >= 11 is 0. The van der Waals surface area contributed by atoms with E-state index < -0.39 is 5.97 Å². The summed E-state index contributed by atoms with van der Waals surface area (Å²) < 4.78 is 0. The number of nitrogens with one attached hydrogen (secondary N) is 1. The number of benzene rings is 1. The van der Waals surface area contributed by atoms with Crippen molar-refractivity contribution in [3.05, 3.63) is 36.4 Å². The normalized spacial score (nSPS) is 15.2. The van der Waals surface area contributed by atoms with E-state index in [1.807, 2.05) is 12.1 Å². The molecule has 0 unspecified atom stereocenters. The van der Waals surface area contributed by atoms with Gasteiger partial charge in [0.2, 0.25) is 0 Å². The summed E-state index contributed by atoms with van der Waals surface area (Å²) in [5.74, 6) is -0.916. The van der Waals surface area contributed by atoms with Crippen molar-refractivity contribution >= 4 is 17.3 Å². The Kier molecular flexibility index (Phi) is 4.23. The lowest BCUT2D eigenvalue weighted by Crippen LogP contribution is -2.17. The number of carboxylic acid groups (broad SMARTS) is 1. The molecule has 4 heteroatoms. The molecule has 1 aliphatic rings. The van der Waals surface area contributed by atoms with Gasteiger partial charge in [-0.2, -0.15) is 0 Å². The number of hydrogen-bond acceptors (Lipinski definition) is 3. The van der Waals surface area contributed by atoms with Gasteiger partial charge in [-0.15, -0.1) is 0 Å². The zero-order chi connectivity index (χ0) is 12.8. The van der Waals surface area contributed by atoms with Crippen LogP contribution in [0.5, 0.6) is 0 Å². The SMILES string of the molecule is O=C(O)/C=C/CNc1ccc(N2CCCC2)cc1. The number of nitrogens with zero attached hydrogens (tertiary/aromatic N) is 1. The van der Waals surface area contributed by atoms with Crippen LogP contribution in [0.15, 0.2) is 36.4 Å². The van der Waals surface area contributed by atoms with Gasteiger partial charge in [-0.3, -0.25) is 0 Å². The molecule has 0 amide bonds. The van der Waals surface area contributed by atoms with Crippen LogP contribution in [0.2, 0.25) is 0 Å². The number of aliphatic carboxylic acids is 1. The van der Waals surface area contributed by atoms with E-state index in [9.17, 15) is 4.79 Å². The van der Waals surface area contributed by atoms with E-state index >= 15 is 0 Å². The molecule has 0 aliphatic carbocycles. The van der Waals surface area contributed by atoms with Crippen molar-refractivity contribution in [1.29, 1.82) is 0 Å². The van der Waals surface area contributed by atoms with Gasteiger partial charge in [0.05, 0.1) is 0 Å². The van der Waals surface area contributed by atoms with Crippen LogP contribution in [-0.2, 0) is 4.79 Å². The third-order valence-electron chi connectivity index (χ3n) is 3.02. The average molecular weight is 246 g/mol. The van der Waals surface area contributed by atoms with Crippen molar-refractivity contribution in [2.75, 3.05) is 29.9 Å². The van der Waals surface area contributed by atoms with Gasteiger partial charge in [0.1, 0.15) is 0 Å². The van der Waals surface area contributed by atoms with Gasteiger partial charge in [0, 0.05) is 37.1 Å². The molecular formula is C14H18N2O2. The van der Waals surface area contributed by atoms with Crippen LogP contribution < -0.4 is 10.2 Å². The Morgan fingerprint density at radius 2 is 1.94 bits per heavy atom. The number of anilines is 2. The van der Waals surface area contributed by atoms with Crippen molar-refractivity contribution in [3.8, 4) is 0 Å². The van der Waals surface area contributed by atoms with Crippen LogP contribution in [0.3, 0.4) is 0 Å². The molecule has 1 aromatic rings. The average Bonchev–Trinajstić information content (AvgIpc) is 2.89. The third kappa shape index (κ3) is 3.52. The van der Waals surface area contributed by atoms with Crippen LogP contribution in [0.1, 0.15) is 12.8 Å². The van der Waals surface area contributed by atoms with Gasteiger partial charge in [-0.05, 0) is 37.1 Å². The second-order valence-electron chi connectivity index (χ2n) is 4.36. The summed E-state index contributed by atoms with van der Waals surface area (Å²) in [5.41, 5.74) is 2.27. The summed E-state index contributed by atoms with van der Waals surface area (Å²) in [6.07, 6.45) is 5.29. The molecule has 1 heterocycles. The fourth-order valence-electron chi connectivity index (χ4n) is 2.10. The topological polar surface area (TPSA) is 52.6 Å². The maximum atomic E-state index is 10.3. The van der Waals surface area contributed by atoms with Gasteiger partial charge in [0.15, 0.2) is 0 Å². The summed E-state index contributed by atoms with van der Waals surface area (Å²) in [4.78, 5) is 12.7. The van der Waals surface area contributed by atoms with Gasteiger partial charge in [-0.1, -0.05) is 6.08 Å². The smallest absolute Gasteiger partial charge is 0.328 e. The summed E-state index contributed by atoms with van der Waals surface area (Å²) in [7, 11) is 0. The van der Waals surface area contributed by atoms with E-state index in [0.29, 0.717) is 6.54 Å². The van der Waals surface area contributed by atoms with Crippen molar-refractivity contribution in [3.63, 3.8) is 0 Å². The molecule has 2 N–H and O–H groups in total. The Balaban J connectivity index is 1.85. The first-order chi connectivity index (χ1) is 8.75. The van der Waals surface area contributed by atoms with Crippen molar-refractivity contribution in [2.45, 2.75) is 12.8 Å². The number of rotatable bonds is 5. The number of carboxylic acids is 1. The minimum atomic E-state index is -0.916. The highest BCUT2D eigenvalue weighted by molar-refractivity contribution is 5.79. The van der Waals surface area contributed by atoms with E-state index in [-0.39, 0.29) is 0 Å². The lowest BCUT2D eigenvalue weighted by atomic mass is 10.2. The molecule has 4 nitrogen and oxygen atoms in total. The molecule has 0 saturated carbocycles. The Bertz CT molecular complexity index is 420. The maximum Gasteiger partial charge on any atom is 0.328 e. The second-order valence-corrected chi connectivity index (χ2v) is 4.36. The number of carbonyl (C=O) groups is 1. The Labute approximate surface area is 107 Å². The molecule has 1 saturated heterocycles. The maximum absolute atomic E-state index is 10.3. The van der Waals surface area contributed by atoms with Crippen LogP contribution in [0, 0.1) is 0 Å². The largest absolute Gasteiger partial charge is 0.478 e. The summed E-state index contributed by atoms with van der Waals surface area (Å²) in [5, 5.41) is 11.6. The highest BCUT2D eigenvalue weighted by Gasteiger charge is 2.11. The van der Waals surface area contributed by atoms with Crippen molar-refractivity contribution in [1.82, 2.24) is 0 Å². The lowest BCUT2D eigenvalue weighted by molar-refractivity contribution is -0.131. The zero-order valence-electron chi connectivity index (χ0n) is 10.3. The van der Waals surface area contributed by atoms with Crippen LogP contribution in [0.25, 0.3) is 0 Å². The zero-order valence-corrected chi connectivity index (χ0v) is 10.3. The predicted octanol–water partition coefficient (Wildman–Crippen LogP) is 2.34. The first-order valence-corrected chi connectivity index (χ1v) is 6.24. The molecule has 2 rings (SSSR count). The minimum absolute atomic E-state index is 0.523. The molecule has 0 radical (unpaired) electrons. The van der Waals surface area contributed by atoms with E-state index in [1.165, 1.54) is 18.5 Å². The molecule has 0 bridgehead atoms. The van der Waals surface area contributed by atoms with Gasteiger partial charge in [-0.25, -0.2) is 4.79 Å². The highest BCUT2D eigenvalue weighted by Crippen LogP contribution is 2.21. The molecule has 1 aliphatic heterocycles. The molecule has 1 fully saturated rings. The molecule has 0 aromatic heterocycles. The van der Waals surface area contributed by atoms with E-state index in [4.69, 9.17) is 5.11 Å². The van der Waals surface area contributed by atoms with E-state index in [1.54, 1.807) is 6.08 Å². The first kappa shape index (κ1) is 12.5. The fraction of sp³-hybridized carbons (Fsp3) is 0.357. The minimum Gasteiger partial charge on any atom is -0.478 e. The monoisotopic (exact) mass is 246 g/mol. The summed E-state index contributed by atoms with van der Waals surface area (Å²) in [6, 6.07) is 8.27. The van der Waals surface area contributed by atoms with Gasteiger partial charge in [0.25, 0.3) is 0 Å². The standard InChI is InChI=1S/C14H18N2O2/c17-14(18)4-3-9-15-12-5-7-13(8-6-12)16-10-1-2-11-16/h3-8,15H,1-2,9-11H2,(H,17,18)/b4-3+. The molecule has 96 valence electrons. The second kappa shape index (κ2) is 6.10. The van der Waals surface area contributed by atoms with Gasteiger partial charge >= 0.3 is 5.97 Å². The molecule has 1 aromatic carbocycles.